The van der Waals surface area contributed by atoms with E-state index in [4.69, 9.17) is 4.74 Å². The standard InChI is InChI=1S/C9H17F3N2O/c1-14(6-9(10,11)12)5-7-3-8(15-2)4-13-7/h7-8,13H,3-6H2,1-2H3. The van der Waals surface area contributed by atoms with Gasteiger partial charge in [-0.05, 0) is 13.5 Å². The van der Waals surface area contributed by atoms with Gasteiger partial charge in [0.25, 0.3) is 0 Å². The van der Waals surface area contributed by atoms with Gasteiger partial charge in [0.05, 0.1) is 12.6 Å². The Hall–Kier alpha value is -0.330. The predicted octanol–water partition coefficient (Wildman–Crippen LogP) is 0.857. The summed E-state index contributed by atoms with van der Waals surface area (Å²) in [5.41, 5.74) is 0. The Morgan fingerprint density at radius 3 is 2.60 bits per heavy atom. The van der Waals surface area contributed by atoms with E-state index in [9.17, 15) is 13.2 Å². The molecule has 1 aliphatic rings. The molecule has 15 heavy (non-hydrogen) atoms. The van der Waals surface area contributed by atoms with Gasteiger partial charge in [0.15, 0.2) is 0 Å². The minimum Gasteiger partial charge on any atom is -0.380 e. The van der Waals surface area contributed by atoms with Gasteiger partial charge in [0.2, 0.25) is 0 Å². The van der Waals surface area contributed by atoms with Gasteiger partial charge in [-0.25, -0.2) is 0 Å². The SMILES string of the molecule is COC1CNC(CN(C)CC(F)(F)F)C1. The molecule has 2 atom stereocenters. The molecular weight excluding hydrogens is 209 g/mol. The van der Waals surface area contributed by atoms with E-state index in [1.807, 2.05) is 0 Å². The smallest absolute Gasteiger partial charge is 0.380 e. The molecule has 1 heterocycles. The molecule has 3 nitrogen and oxygen atoms in total. The lowest BCUT2D eigenvalue weighted by atomic mass is 10.2. The monoisotopic (exact) mass is 226 g/mol. The minimum atomic E-state index is -4.12. The molecule has 0 amide bonds. The van der Waals surface area contributed by atoms with Crippen molar-refractivity contribution >= 4 is 0 Å². The van der Waals surface area contributed by atoms with Crippen LogP contribution in [0.2, 0.25) is 0 Å². The molecule has 2 unspecified atom stereocenters. The zero-order chi connectivity index (χ0) is 11.5. The molecule has 0 aromatic carbocycles. The number of nitrogens with zero attached hydrogens (tertiary/aromatic N) is 1. The van der Waals surface area contributed by atoms with Crippen LogP contribution < -0.4 is 5.32 Å². The van der Waals surface area contributed by atoms with Gasteiger partial charge in [-0.1, -0.05) is 0 Å². The zero-order valence-electron chi connectivity index (χ0n) is 8.97. The lowest BCUT2D eigenvalue weighted by molar-refractivity contribution is -0.143. The van der Waals surface area contributed by atoms with Crippen LogP contribution in [0.3, 0.4) is 0 Å². The fraction of sp³-hybridized carbons (Fsp3) is 1.00. The molecule has 0 aromatic rings. The van der Waals surface area contributed by atoms with Gasteiger partial charge < -0.3 is 10.1 Å². The lowest BCUT2D eigenvalue weighted by Gasteiger charge is -2.22. The number of halogens is 3. The van der Waals surface area contributed by atoms with Gasteiger partial charge in [0.1, 0.15) is 0 Å². The highest BCUT2D eigenvalue weighted by Crippen LogP contribution is 2.17. The first-order valence-electron chi connectivity index (χ1n) is 4.92. The Morgan fingerprint density at radius 2 is 2.13 bits per heavy atom. The van der Waals surface area contributed by atoms with Crippen LogP contribution in [0.4, 0.5) is 13.2 Å². The molecule has 0 aromatic heterocycles. The van der Waals surface area contributed by atoms with Crippen molar-refractivity contribution in [3.05, 3.63) is 0 Å². The Bertz CT molecular complexity index is 198. The maximum absolute atomic E-state index is 12.0. The molecule has 0 aliphatic carbocycles. The van der Waals surface area contributed by atoms with Crippen molar-refractivity contribution in [1.82, 2.24) is 10.2 Å². The largest absolute Gasteiger partial charge is 0.401 e. The van der Waals surface area contributed by atoms with Crippen molar-refractivity contribution in [1.29, 1.82) is 0 Å². The molecular formula is C9H17F3N2O. The summed E-state index contributed by atoms with van der Waals surface area (Å²) in [7, 11) is 3.10. The molecule has 0 saturated carbocycles. The van der Waals surface area contributed by atoms with Gasteiger partial charge in [-0.2, -0.15) is 13.2 Å². The van der Waals surface area contributed by atoms with Crippen LogP contribution in [0.5, 0.6) is 0 Å². The van der Waals surface area contributed by atoms with E-state index in [0.29, 0.717) is 6.54 Å². The van der Waals surface area contributed by atoms with E-state index in [2.05, 4.69) is 5.32 Å². The van der Waals surface area contributed by atoms with E-state index in [0.717, 1.165) is 13.0 Å². The van der Waals surface area contributed by atoms with E-state index in [1.165, 1.54) is 11.9 Å². The second kappa shape index (κ2) is 5.14. The number of rotatable bonds is 4. The molecule has 6 heteroatoms. The third-order valence-corrected chi connectivity index (χ3v) is 2.50. The quantitative estimate of drug-likeness (QED) is 0.769. The van der Waals surface area contributed by atoms with Crippen molar-refractivity contribution in [3.8, 4) is 0 Å². The second-order valence-corrected chi connectivity index (χ2v) is 4.01. The number of likely N-dealkylation sites (N-methyl/N-ethyl adjacent to an activating group) is 1. The maximum Gasteiger partial charge on any atom is 0.401 e. The van der Waals surface area contributed by atoms with Gasteiger partial charge in [0, 0.05) is 26.2 Å². The summed E-state index contributed by atoms with van der Waals surface area (Å²) in [5.74, 6) is 0. The number of methoxy groups -OCH3 is 1. The molecule has 1 saturated heterocycles. The molecule has 0 spiro atoms. The Labute approximate surface area is 87.6 Å². The summed E-state index contributed by atoms with van der Waals surface area (Å²) in [6.45, 7) is 0.267. The van der Waals surface area contributed by atoms with E-state index in [1.54, 1.807) is 7.11 Å². The average molecular weight is 226 g/mol. The fourth-order valence-corrected chi connectivity index (χ4v) is 1.85. The Balaban J connectivity index is 2.24. The highest BCUT2D eigenvalue weighted by atomic mass is 19.4. The van der Waals surface area contributed by atoms with Crippen molar-refractivity contribution < 1.29 is 17.9 Å². The van der Waals surface area contributed by atoms with Gasteiger partial charge >= 0.3 is 6.18 Å². The van der Waals surface area contributed by atoms with Crippen molar-refractivity contribution in [3.63, 3.8) is 0 Å². The molecule has 90 valence electrons. The molecule has 1 aliphatic heterocycles. The minimum absolute atomic E-state index is 0.0994. The lowest BCUT2D eigenvalue weighted by Crippen LogP contribution is -2.39. The first-order valence-corrected chi connectivity index (χ1v) is 4.92. The van der Waals surface area contributed by atoms with Crippen molar-refractivity contribution in [2.24, 2.45) is 0 Å². The average Bonchev–Trinajstić information content (AvgIpc) is 2.48. The van der Waals surface area contributed by atoms with Crippen LogP contribution >= 0.6 is 0 Å². The Kier molecular flexibility index (Phi) is 4.36. The summed E-state index contributed by atoms with van der Waals surface area (Å²) in [6, 6.07) is 0.0994. The van der Waals surface area contributed by atoms with Crippen LogP contribution in [0.15, 0.2) is 0 Å². The van der Waals surface area contributed by atoms with Crippen molar-refractivity contribution in [2.75, 3.05) is 33.8 Å². The topological polar surface area (TPSA) is 24.5 Å². The molecule has 1 fully saturated rings. The summed E-state index contributed by atoms with van der Waals surface area (Å²) in [6.07, 6.45) is -3.21. The van der Waals surface area contributed by atoms with E-state index in [-0.39, 0.29) is 12.1 Å². The summed E-state index contributed by atoms with van der Waals surface area (Å²) >= 11 is 0. The molecule has 1 N–H and O–H groups in total. The van der Waals surface area contributed by atoms with Crippen LogP contribution in [0.1, 0.15) is 6.42 Å². The number of hydrogen-bond acceptors (Lipinski definition) is 3. The number of alkyl halides is 3. The summed E-state index contributed by atoms with van der Waals surface area (Å²) < 4.78 is 41.2. The van der Waals surface area contributed by atoms with E-state index < -0.39 is 12.7 Å². The van der Waals surface area contributed by atoms with Crippen LogP contribution in [-0.4, -0.2) is 57.0 Å². The second-order valence-electron chi connectivity index (χ2n) is 4.01. The summed E-state index contributed by atoms with van der Waals surface area (Å²) in [4.78, 5) is 1.29. The first kappa shape index (κ1) is 12.7. The normalized spacial score (nSPS) is 27.6. The van der Waals surface area contributed by atoms with Gasteiger partial charge in [-0.15, -0.1) is 0 Å². The van der Waals surface area contributed by atoms with Crippen LogP contribution in [0, 0.1) is 0 Å². The van der Waals surface area contributed by atoms with Crippen molar-refractivity contribution in [2.45, 2.75) is 24.7 Å². The first-order chi connectivity index (χ1) is 6.90. The van der Waals surface area contributed by atoms with Crippen LogP contribution in [-0.2, 0) is 4.74 Å². The summed E-state index contributed by atoms with van der Waals surface area (Å²) in [5, 5.41) is 3.14. The molecule has 1 rings (SSSR count). The third-order valence-electron chi connectivity index (χ3n) is 2.50. The highest BCUT2D eigenvalue weighted by molar-refractivity contribution is 4.84. The number of hydrogen-bond donors (Lipinski definition) is 1. The van der Waals surface area contributed by atoms with Crippen LogP contribution in [0.25, 0.3) is 0 Å². The molecule has 0 bridgehead atoms. The maximum atomic E-state index is 12.0. The highest BCUT2D eigenvalue weighted by Gasteiger charge is 2.31. The Morgan fingerprint density at radius 1 is 1.47 bits per heavy atom. The molecule has 0 radical (unpaired) electrons. The predicted molar refractivity (Wildman–Crippen MR) is 50.8 cm³/mol. The zero-order valence-corrected chi connectivity index (χ0v) is 8.97. The number of nitrogens with one attached hydrogen (secondary N) is 1. The number of ether oxygens (including phenoxy) is 1. The fourth-order valence-electron chi connectivity index (χ4n) is 1.85. The van der Waals surface area contributed by atoms with E-state index >= 15 is 0 Å². The van der Waals surface area contributed by atoms with Gasteiger partial charge in [-0.3, -0.25) is 4.90 Å². The third kappa shape index (κ3) is 4.81.